The molecule has 1 amide bonds. The highest BCUT2D eigenvalue weighted by atomic mass is 35.5. The number of carbonyl (C=O) groups is 1. The van der Waals surface area contributed by atoms with Gasteiger partial charge >= 0.3 is 0 Å². The van der Waals surface area contributed by atoms with Crippen LogP contribution >= 0.6 is 22.9 Å². The van der Waals surface area contributed by atoms with Crippen LogP contribution in [0.25, 0.3) is 10.1 Å². The van der Waals surface area contributed by atoms with Crippen molar-refractivity contribution in [2.75, 3.05) is 0 Å². The number of halogens is 2. The standard InChI is InChI=1S/C18H18ClFN2O2S/c1-5-14(21-10(4)16(23)9(2)3)22-18(24)17-15(19)12-7-6-11(20)8-13(12)25-17/h6-8,23H,2,5H2,1,3-4H3,(H,21,22,24)/b16-10+. The average molecular weight is 381 g/mol. The first kappa shape index (κ1) is 19.1. The normalized spacial score (nSPS) is 12.9. The fourth-order valence-corrected chi connectivity index (χ4v) is 3.57. The van der Waals surface area contributed by atoms with Crippen molar-refractivity contribution in [3.05, 3.63) is 57.5 Å². The van der Waals surface area contributed by atoms with E-state index in [1.54, 1.807) is 19.9 Å². The van der Waals surface area contributed by atoms with E-state index in [9.17, 15) is 14.3 Å². The number of thiophene rings is 1. The first-order valence-corrected chi connectivity index (χ1v) is 8.76. The van der Waals surface area contributed by atoms with Gasteiger partial charge in [0.05, 0.1) is 10.7 Å². The van der Waals surface area contributed by atoms with Crippen LogP contribution < -0.4 is 5.32 Å². The molecule has 0 unspecified atom stereocenters. The summed E-state index contributed by atoms with van der Waals surface area (Å²) in [5.74, 6) is -0.440. The summed E-state index contributed by atoms with van der Waals surface area (Å²) in [7, 11) is 0. The van der Waals surface area contributed by atoms with E-state index < -0.39 is 5.91 Å². The smallest absolute Gasteiger partial charge is 0.268 e. The maximum atomic E-state index is 13.3. The molecule has 0 bridgehead atoms. The van der Waals surface area contributed by atoms with Crippen molar-refractivity contribution in [3.63, 3.8) is 0 Å². The molecule has 0 atom stereocenters. The number of fused-ring (bicyclic) bond motifs is 1. The molecule has 2 N–H and O–H groups in total. The Balaban J connectivity index is 2.33. The lowest BCUT2D eigenvalue weighted by Gasteiger charge is -2.08. The number of allylic oxidation sites excluding steroid dienone is 2. The zero-order valence-electron chi connectivity index (χ0n) is 14.1. The molecule has 0 fully saturated rings. The Hall–Kier alpha value is -2.18. The Morgan fingerprint density at radius 1 is 1.44 bits per heavy atom. The summed E-state index contributed by atoms with van der Waals surface area (Å²) in [6.45, 7) is 8.76. The summed E-state index contributed by atoms with van der Waals surface area (Å²) in [5, 5.41) is 13.5. The number of amidine groups is 1. The fourth-order valence-electron chi connectivity index (χ4n) is 2.13. The number of amides is 1. The van der Waals surface area contributed by atoms with Crippen molar-refractivity contribution in [2.24, 2.45) is 4.99 Å². The highest BCUT2D eigenvalue weighted by Gasteiger charge is 2.18. The average Bonchev–Trinajstić information content (AvgIpc) is 2.89. The highest BCUT2D eigenvalue weighted by Crippen LogP contribution is 2.35. The Bertz CT molecular complexity index is 915. The molecule has 0 aliphatic rings. The molecule has 2 aromatic rings. The lowest BCUT2D eigenvalue weighted by Crippen LogP contribution is -2.29. The van der Waals surface area contributed by atoms with Crippen molar-refractivity contribution in [1.82, 2.24) is 5.32 Å². The summed E-state index contributed by atoms with van der Waals surface area (Å²) in [6, 6.07) is 4.19. The van der Waals surface area contributed by atoms with Gasteiger partial charge in [-0.1, -0.05) is 25.1 Å². The first-order chi connectivity index (χ1) is 11.7. The minimum atomic E-state index is -0.421. The lowest BCUT2D eigenvalue weighted by molar-refractivity contribution is 0.0980. The molecule has 0 aliphatic carbocycles. The lowest BCUT2D eigenvalue weighted by atomic mass is 10.2. The monoisotopic (exact) mass is 380 g/mol. The number of aliphatic hydroxyl groups excluding tert-OH is 1. The van der Waals surface area contributed by atoms with Crippen LogP contribution in [0.4, 0.5) is 4.39 Å². The van der Waals surface area contributed by atoms with Gasteiger partial charge in [-0.2, -0.15) is 0 Å². The third kappa shape index (κ3) is 4.27. The van der Waals surface area contributed by atoms with Gasteiger partial charge in [-0.05, 0) is 37.6 Å². The van der Waals surface area contributed by atoms with E-state index in [1.165, 1.54) is 12.1 Å². The van der Waals surface area contributed by atoms with Crippen molar-refractivity contribution in [2.45, 2.75) is 27.2 Å². The maximum Gasteiger partial charge on any atom is 0.268 e. The number of aliphatic imine (C=N–C) groups is 1. The molecular weight excluding hydrogens is 363 g/mol. The van der Waals surface area contributed by atoms with E-state index in [0.717, 1.165) is 11.3 Å². The molecule has 2 rings (SSSR count). The van der Waals surface area contributed by atoms with Gasteiger partial charge in [-0.15, -0.1) is 11.3 Å². The van der Waals surface area contributed by atoms with Crippen LogP contribution in [0, 0.1) is 5.82 Å². The summed E-state index contributed by atoms with van der Waals surface area (Å²) in [6.07, 6.45) is 0.448. The van der Waals surface area contributed by atoms with Gasteiger partial charge in [0.15, 0.2) is 0 Å². The third-order valence-electron chi connectivity index (χ3n) is 3.44. The van der Waals surface area contributed by atoms with Gasteiger partial charge in [0.1, 0.15) is 22.3 Å². The second kappa shape index (κ2) is 7.80. The third-order valence-corrected chi connectivity index (χ3v) is 5.10. The van der Waals surface area contributed by atoms with Crippen molar-refractivity contribution in [3.8, 4) is 0 Å². The number of nitrogens with one attached hydrogen (secondary N) is 1. The summed E-state index contributed by atoms with van der Waals surface area (Å²) in [5.41, 5.74) is 0.840. The van der Waals surface area contributed by atoms with Gasteiger partial charge in [-0.25, -0.2) is 9.38 Å². The number of rotatable bonds is 4. The Morgan fingerprint density at radius 2 is 2.12 bits per heavy atom. The number of aliphatic hydroxyl groups is 1. The van der Waals surface area contributed by atoms with Crippen LogP contribution in [0.3, 0.4) is 0 Å². The second-order valence-corrected chi connectivity index (χ2v) is 6.90. The van der Waals surface area contributed by atoms with Crippen LogP contribution in [-0.2, 0) is 0 Å². The molecule has 7 heteroatoms. The molecular formula is C18H18ClFN2O2S. The quantitative estimate of drug-likeness (QED) is 0.314. The second-order valence-electron chi connectivity index (χ2n) is 5.47. The van der Waals surface area contributed by atoms with E-state index in [1.807, 2.05) is 6.92 Å². The van der Waals surface area contributed by atoms with Crippen molar-refractivity contribution in [1.29, 1.82) is 0 Å². The van der Waals surface area contributed by atoms with E-state index >= 15 is 0 Å². The molecule has 0 radical (unpaired) electrons. The SMILES string of the molecule is C=C(C)/C(O)=C(C)\N=C(/CC)NC(=O)c1sc2cc(F)ccc2c1Cl. The van der Waals surface area contributed by atoms with Crippen molar-refractivity contribution < 1.29 is 14.3 Å². The number of carbonyl (C=O) groups excluding carboxylic acids is 1. The molecule has 0 saturated carbocycles. The number of nitrogens with zero attached hydrogens (tertiary/aromatic N) is 1. The molecule has 0 aliphatic heterocycles. The molecule has 1 heterocycles. The molecule has 0 saturated heterocycles. The summed E-state index contributed by atoms with van der Waals surface area (Å²) in [4.78, 5) is 17.0. The Morgan fingerprint density at radius 3 is 2.72 bits per heavy atom. The number of hydrogen-bond donors (Lipinski definition) is 2. The molecule has 1 aromatic heterocycles. The van der Waals surface area contributed by atoms with Gasteiger partial charge in [-0.3, -0.25) is 4.79 Å². The number of hydrogen-bond acceptors (Lipinski definition) is 4. The van der Waals surface area contributed by atoms with E-state index in [-0.39, 0.29) is 21.5 Å². The predicted octanol–water partition coefficient (Wildman–Crippen LogP) is 5.60. The fraction of sp³-hybridized carbons (Fsp3) is 0.222. The molecule has 0 spiro atoms. The topological polar surface area (TPSA) is 61.7 Å². The minimum Gasteiger partial charge on any atom is -0.506 e. The number of benzene rings is 1. The van der Waals surface area contributed by atoms with Crippen molar-refractivity contribution >= 4 is 44.8 Å². The van der Waals surface area contributed by atoms with Crippen LogP contribution in [0.2, 0.25) is 5.02 Å². The summed E-state index contributed by atoms with van der Waals surface area (Å²) >= 11 is 7.37. The minimum absolute atomic E-state index is 0.0180. The Kier molecular flexibility index (Phi) is 5.98. The summed E-state index contributed by atoms with van der Waals surface area (Å²) < 4.78 is 13.9. The van der Waals surface area contributed by atoms with Crippen LogP contribution in [0.5, 0.6) is 0 Å². The highest BCUT2D eigenvalue weighted by molar-refractivity contribution is 7.21. The Labute approximate surface area is 154 Å². The zero-order chi connectivity index (χ0) is 18.7. The van der Waals surface area contributed by atoms with Gasteiger partial charge in [0.2, 0.25) is 0 Å². The first-order valence-electron chi connectivity index (χ1n) is 7.56. The van der Waals surface area contributed by atoms with Gasteiger partial charge < -0.3 is 10.4 Å². The van der Waals surface area contributed by atoms with E-state index in [2.05, 4.69) is 16.9 Å². The van der Waals surface area contributed by atoms with Crippen LogP contribution in [0.1, 0.15) is 36.9 Å². The van der Waals surface area contributed by atoms with E-state index in [4.69, 9.17) is 11.6 Å². The van der Waals surface area contributed by atoms with Gasteiger partial charge in [0, 0.05) is 16.5 Å². The van der Waals surface area contributed by atoms with Crippen LogP contribution in [-0.4, -0.2) is 16.8 Å². The molecule has 4 nitrogen and oxygen atoms in total. The molecule has 25 heavy (non-hydrogen) atoms. The maximum absolute atomic E-state index is 13.3. The largest absolute Gasteiger partial charge is 0.506 e. The molecule has 1 aromatic carbocycles. The van der Waals surface area contributed by atoms with Crippen LogP contribution in [0.15, 0.2) is 46.8 Å². The van der Waals surface area contributed by atoms with Gasteiger partial charge in [0.25, 0.3) is 5.91 Å². The van der Waals surface area contributed by atoms with E-state index in [0.29, 0.717) is 33.6 Å². The zero-order valence-corrected chi connectivity index (χ0v) is 15.7. The molecule has 132 valence electrons. The predicted molar refractivity (Wildman–Crippen MR) is 102 cm³/mol.